The third kappa shape index (κ3) is 9.63. The highest BCUT2D eigenvalue weighted by Gasteiger charge is 2.40. The lowest BCUT2D eigenvalue weighted by atomic mass is 9.89. The molecule has 1 rings (SSSR count). The number of hydrogen-bond donors (Lipinski definition) is 2. The van der Waals surface area contributed by atoms with E-state index in [1.165, 1.54) is 12.8 Å². The van der Waals surface area contributed by atoms with Gasteiger partial charge in [-0.3, -0.25) is 4.79 Å². The molecule has 0 aromatic carbocycles. The highest BCUT2D eigenvalue weighted by Crippen LogP contribution is 2.39. The minimum atomic E-state index is -0.759. The summed E-state index contributed by atoms with van der Waals surface area (Å²) >= 11 is 0. The van der Waals surface area contributed by atoms with Crippen molar-refractivity contribution in [3.8, 4) is 0 Å². The van der Waals surface area contributed by atoms with Gasteiger partial charge in [-0.25, -0.2) is 0 Å². The van der Waals surface area contributed by atoms with Crippen molar-refractivity contribution >= 4 is 24.9 Å². The Balaban J connectivity index is 2.61. The number of carboxylic acids is 1. The van der Waals surface area contributed by atoms with E-state index in [9.17, 15) is 9.90 Å². The summed E-state index contributed by atoms with van der Waals surface area (Å²) in [7, 11) is 4.68. The van der Waals surface area contributed by atoms with Gasteiger partial charge in [-0.1, -0.05) is 50.5 Å². The molecule has 7 atom stereocenters. The van der Waals surface area contributed by atoms with Gasteiger partial charge in [0.25, 0.3) is 0 Å². The fourth-order valence-corrected chi connectivity index (χ4v) is 4.15. The van der Waals surface area contributed by atoms with Gasteiger partial charge in [0.2, 0.25) is 0 Å². The van der Waals surface area contributed by atoms with Crippen LogP contribution in [0.3, 0.4) is 0 Å². The van der Waals surface area contributed by atoms with Gasteiger partial charge in [0.1, 0.15) is 0 Å². The quantitative estimate of drug-likeness (QED) is 0.244. The third-order valence-corrected chi connectivity index (χ3v) is 5.92. The Morgan fingerprint density at radius 1 is 1.26 bits per heavy atom. The van der Waals surface area contributed by atoms with E-state index in [0.717, 1.165) is 25.7 Å². The number of unbranched alkanes of at least 4 members (excludes halogenated alkanes) is 3. The maximum absolute atomic E-state index is 10.5. The molecule has 1 saturated carbocycles. The number of hydrogen-bond acceptors (Lipinski definition) is 4. The lowest BCUT2D eigenvalue weighted by molar-refractivity contribution is -0.137. The van der Waals surface area contributed by atoms with Crippen LogP contribution in [0.1, 0.15) is 64.7 Å². The highest BCUT2D eigenvalue weighted by atomic mass is 31.0. The van der Waals surface area contributed by atoms with Gasteiger partial charge in [-0.05, 0) is 31.6 Å². The van der Waals surface area contributed by atoms with E-state index in [1.807, 2.05) is 6.08 Å². The van der Waals surface area contributed by atoms with Crippen LogP contribution in [-0.4, -0.2) is 34.5 Å². The normalized spacial score (nSPS) is 27.0. The summed E-state index contributed by atoms with van der Waals surface area (Å²) in [5.41, 5.74) is 0. The Bertz CT molecular complexity index is 469. The topological polar surface area (TPSA) is 76.0 Å². The van der Waals surface area contributed by atoms with Crippen molar-refractivity contribution in [2.75, 3.05) is 0 Å². The Morgan fingerprint density at radius 3 is 2.67 bits per heavy atom. The first kappa shape index (κ1) is 24.7. The maximum atomic E-state index is 10.5. The van der Waals surface area contributed by atoms with Crippen molar-refractivity contribution in [2.24, 2.45) is 11.8 Å². The summed E-state index contributed by atoms with van der Waals surface area (Å²) in [5, 5.41) is 19.1. The molecule has 1 aliphatic carbocycles. The first-order valence-electron chi connectivity index (χ1n) is 9.97. The van der Waals surface area contributed by atoms with E-state index in [0.29, 0.717) is 12.8 Å². The van der Waals surface area contributed by atoms with Crippen LogP contribution in [0, 0.1) is 11.8 Å². The molecule has 156 valence electrons. The van der Waals surface area contributed by atoms with Crippen LogP contribution in [0.4, 0.5) is 0 Å². The average molecular weight is 418 g/mol. The fraction of sp³-hybridized carbons (Fsp3) is 0.750. The summed E-state index contributed by atoms with van der Waals surface area (Å²) in [6, 6.07) is 0. The second-order valence-electron chi connectivity index (χ2n) is 7.27. The molecule has 0 bridgehead atoms. The van der Waals surface area contributed by atoms with E-state index in [4.69, 9.17) is 14.2 Å². The van der Waals surface area contributed by atoms with Crippen molar-refractivity contribution in [1.82, 2.24) is 0 Å². The number of rotatable bonds is 14. The molecule has 0 saturated heterocycles. The predicted octanol–water partition coefficient (Wildman–Crippen LogP) is 4.67. The maximum Gasteiger partial charge on any atom is 0.303 e. The lowest BCUT2D eigenvalue weighted by Crippen LogP contribution is -2.20. The van der Waals surface area contributed by atoms with E-state index in [-0.39, 0.29) is 30.5 Å². The third-order valence-electron chi connectivity index (χ3n) is 5.22. The number of aliphatic hydroxyl groups is 1. The highest BCUT2D eigenvalue weighted by molar-refractivity contribution is 7.10. The Kier molecular flexibility index (Phi) is 13.4. The molecule has 0 aromatic heterocycles. The summed E-state index contributed by atoms with van der Waals surface area (Å²) in [5.74, 6) is -0.525. The smallest absolute Gasteiger partial charge is 0.303 e. The van der Waals surface area contributed by atoms with Crippen molar-refractivity contribution in [3.63, 3.8) is 0 Å². The van der Waals surface area contributed by atoms with Gasteiger partial charge >= 0.3 is 5.97 Å². The zero-order chi connectivity index (χ0) is 20.1. The molecule has 0 aromatic rings. The summed E-state index contributed by atoms with van der Waals surface area (Å²) < 4.78 is 11.0. The van der Waals surface area contributed by atoms with Crippen LogP contribution in [0.25, 0.3) is 0 Å². The first-order valence-corrected chi connectivity index (χ1v) is 10.9. The van der Waals surface area contributed by atoms with Gasteiger partial charge in [0.05, 0.1) is 18.3 Å². The second kappa shape index (κ2) is 14.7. The van der Waals surface area contributed by atoms with Crippen LogP contribution in [0.5, 0.6) is 0 Å². The van der Waals surface area contributed by atoms with Crippen LogP contribution in [0.15, 0.2) is 24.3 Å². The van der Waals surface area contributed by atoms with Gasteiger partial charge < -0.3 is 19.3 Å². The lowest BCUT2D eigenvalue weighted by Gasteiger charge is -2.21. The van der Waals surface area contributed by atoms with Crippen molar-refractivity contribution in [2.45, 2.75) is 83.0 Å². The molecule has 7 heteroatoms. The number of aliphatic hydroxyl groups excluding tert-OH is 1. The number of carboxylic acid groups (broad SMARTS) is 1. The largest absolute Gasteiger partial charge is 0.481 e. The van der Waals surface area contributed by atoms with E-state index in [1.54, 1.807) is 0 Å². The summed E-state index contributed by atoms with van der Waals surface area (Å²) in [4.78, 5) is 10.5. The SMILES string of the molecule is CCCCCC(/C=C/[C@H]1C(OP)CC(O)[C@@H]1C/C=C\CCCC(=O)O)OP. The van der Waals surface area contributed by atoms with E-state index in [2.05, 4.69) is 44.1 Å². The number of allylic oxidation sites excluding steroid dienone is 2. The summed E-state index contributed by atoms with van der Waals surface area (Å²) in [6.07, 6.45) is 15.5. The molecule has 0 heterocycles. The molecule has 5 nitrogen and oxygen atoms in total. The molecule has 1 aliphatic rings. The van der Waals surface area contributed by atoms with Gasteiger partial charge in [0.15, 0.2) is 0 Å². The number of aliphatic carboxylic acids is 1. The molecule has 5 unspecified atom stereocenters. The second-order valence-corrected chi connectivity index (χ2v) is 7.81. The van der Waals surface area contributed by atoms with Crippen molar-refractivity contribution in [3.05, 3.63) is 24.3 Å². The summed E-state index contributed by atoms with van der Waals surface area (Å²) in [6.45, 7) is 2.19. The molecule has 2 N–H and O–H groups in total. The zero-order valence-electron chi connectivity index (χ0n) is 16.3. The first-order chi connectivity index (χ1) is 13.0. The zero-order valence-corrected chi connectivity index (χ0v) is 18.6. The standard InChI is InChI=1S/C20H36O5P2/c1-2-3-6-9-15(24-26)12-13-17-16(18(21)14-19(17)25-27)10-7-4-5-8-11-20(22)23/h4,7,12-13,15-19,21H,2-3,5-6,8-11,14,26-27H2,1H3,(H,22,23)/b7-4-,13-12+/t15?,16-,17-,18?,19?/m1/s1. The van der Waals surface area contributed by atoms with Crippen molar-refractivity contribution < 1.29 is 24.1 Å². The molecule has 0 spiro atoms. The minimum absolute atomic E-state index is 0.0209. The van der Waals surface area contributed by atoms with Gasteiger partial charge in [-0.2, -0.15) is 0 Å². The van der Waals surface area contributed by atoms with Crippen molar-refractivity contribution in [1.29, 1.82) is 0 Å². The Hall–Kier alpha value is -0.310. The minimum Gasteiger partial charge on any atom is -0.481 e. The van der Waals surface area contributed by atoms with E-state index < -0.39 is 12.1 Å². The predicted molar refractivity (Wildman–Crippen MR) is 115 cm³/mol. The number of carbonyl (C=O) groups is 1. The Morgan fingerprint density at radius 2 is 2.04 bits per heavy atom. The Labute approximate surface area is 168 Å². The molecular weight excluding hydrogens is 382 g/mol. The van der Waals surface area contributed by atoms with Gasteiger partial charge in [-0.15, -0.1) is 0 Å². The monoisotopic (exact) mass is 418 g/mol. The molecular formula is C20H36O5P2. The molecule has 0 radical (unpaired) electrons. The molecule has 1 fully saturated rings. The van der Waals surface area contributed by atoms with Gasteiger partial charge in [0, 0.05) is 37.7 Å². The molecule has 0 amide bonds. The van der Waals surface area contributed by atoms with Crippen LogP contribution < -0.4 is 0 Å². The van der Waals surface area contributed by atoms with Crippen LogP contribution in [-0.2, 0) is 13.8 Å². The van der Waals surface area contributed by atoms with E-state index >= 15 is 0 Å². The average Bonchev–Trinajstić information content (AvgIpc) is 2.95. The fourth-order valence-electron chi connectivity index (χ4n) is 3.63. The molecule has 0 aliphatic heterocycles. The van der Waals surface area contributed by atoms with Crippen LogP contribution >= 0.6 is 18.9 Å². The van der Waals surface area contributed by atoms with Crippen LogP contribution in [0.2, 0.25) is 0 Å². The molecule has 27 heavy (non-hydrogen) atoms.